The second-order valence-corrected chi connectivity index (χ2v) is 3.67. The number of carbonyl (C=O) groups is 2. The molecule has 0 amide bonds. The number of esters is 2. The van der Waals surface area contributed by atoms with Crippen LogP contribution >= 0.6 is 0 Å². The third-order valence-corrected chi connectivity index (χ3v) is 2.32. The molecule has 0 N–H and O–H groups in total. The standard InChI is InChI=1S/C12H12N2O4/c1-2-3-6-17-9(15)7-8-10-11(12(16)18-8)14-5-4-13-10/h4-5,7H,2-3,6H2,1H3. The number of unbranched alkanes of at least 4 members (excludes halogenated alkanes) is 1. The average molecular weight is 248 g/mol. The Morgan fingerprint density at radius 2 is 2.11 bits per heavy atom. The number of nitrogens with zero attached hydrogens (tertiary/aromatic N) is 2. The van der Waals surface area contributed by atoms with Crippen molar-refractivity contribution in [3.8, 4) is 0 Å². The maximum Gasteiger partial charge on any atom is 0.364 e. The number of aromatic nitrogens is 2. The first-order valence-corrected chi connectivity index (χ1v) is 5.64. The fraction of sp³-hybridized carbons (Fsp3) is 0.333. The Balaban J connectivity index is 2.11. The molecule has 0 spiro atoms. The van der Waals surface area contributed by atoms with E-state index < -0.39 is 11.9 Å². The van der Waals surface area contributed by atoms with Gasteiger partial charge in [0, 0.05) is 12.4 Å². The van der Waals surface area contributed by atoms with Gasteiger partial charge in [0.1, 0.15) is 5.69 Å². The van der Waals surface area contributed by atoms with Crippen molar-refractivity contribution in [3.63, 3.8) is 0 Å². The van der Waals surface area contributed by atoms with Gasteiger partial charge in [-0.25, -0.2) is 19.6 Å². The highest BCUT2D eigenvalue weighted by Gasteiger charge is 2.29. The van der Waals surface area contributed by atoms with Crippen molar-refractivity contribution in [1.29, 1.82) is 0 Å². The van der Waals surface area contributed by atoms with Crippen molar-refractivity contribution in [2.45, 2.75) is 19.8 Å². The number of hydrogen-bond acceptors (Lipinski definition) is 6. The molecule has 0 atom stereocenters. The normalized spacial score (nSPS) is 15.4. The maximum absolute atomic E-state index is 11.5. The van der Waals surface area contributed by atoms with Gasteiger partial charge in [0.15, 0.2) is 11.5 Å². The van der Waals surface area contributed by atoms with Gasteiger partial charge in [-0.2, -0.15) is 0 Å². The number of cyclic esters (lactones) is 1. The summed E-state index contributed by atoms with van der Waals surface area (Å²) in [5.41, 5.74) is 0.389. The molecule has 0 aromatic carbocycles. The van der Waals surface area contributed by atoms with E-state index in [-0.39, 0.29) is 17.1 Å². The Morgan fingerprint density at radius 3 is 2.83 bits per heavy atom. The van der Waals surface area contributed by atoms with Gasteiger partial charge in [-0.05, 0) is 6.42 Å². The predicted octanol–water partition coefficient (Wildman–Crippen LogP) is 1.33. The van der Waals surface area contributed by atoms with E-state index in [0.29, 0.717) is 6.61 Å². The van der Waals surface area contributed by atoms with Crippen LogP contribution in [0.3, 0.4) is 0 Å². The lowest BCUT2D eigenvalue weighted by atomic mass is 10.3. The van der Waals surface area contributed by atoms with Gasteiger partial charge < -0.3 is 9.47 Å². The molecule has 0 saturated heterocycles. The van der Waals surface area contributed by atoms with E-state index in [2.05, 4.69) is 9.97 Å². The Bertz CT molecular complexity index is 511. The smallest absolute Gasteiger partial charge is 0.364 e. The molecule has 94 valence electrons. The molecule has 2 heterocycles. The lowest BCUT2D eigenvalue weighted by Gasteiger charge is -2.00. The third kappa shape index (κ3) is 2.53. The molecule has 6 heteroatoms. The molecule has 1 aliphatic heterocycles. The summed E-state index contributed by atoms with van der Waals surface area (Å²) >= 11 is 0. The van der Waals surface area contributed by atoms with Crippen LogP contribution in [-0.2, 0) is 14.3 Å². The van der Waals surface area contributed by atoms with Crippen LogP contribution < -0.4 is 0 Å². The molecule has 0 bridgehead atoms. The Hall–Kier alpha value is -2.24. The molecule has 1 aliphatic rings. The van der Waals surface area contributed by atoms with Gasteiger partial charge >= 0.3 is 11.9 Å². The molecule has 0 fully saturated rings. The highest BCUT2D eigenvalue weighted by Crippen LogP contribution is 2.25. The third-order valence-electron chi connectivity index (χ3n) is 2.32. The highest BCUT2D eigenvalue weighted by atomic mass is 16.6. The van der Waals surface area contributed by atoms with Crippen molar-refractivity contribution < 1.29 is 19.1 Å². The molecule has 2 rings (SSSR count). The van der Waals surface area contributed by atoms with E-state index in [1.54, 1.807) is 0 Å². The first-order valence-electron chi connectivity index (χ1n) is 5.64. The minimum atomic E-state index is -0.606. The number of rotatable bonds is 4. The molecule has 6 nitrogen and oxygen atoms in total. The van der Waals surface area contributed by atoms with Gasteiger partial charge in [0.2, 0.25) is 0 Å². The first kappa shape index (κ1) is 12.2. The van der Waals surface area contributed by atoms with Crippen LogP contribution in [0.4, 0.5) is 0 Å². The van der Waals surface area contributed by atoms with Crippen LogP contribution in [-0.4, -0.2) is 28.5 Å². The fourth-order valence-corrected chi connectivity index (χ4v) is 1.43. The molecule has 0 unspecified atom stereocenters. The summed E-state index contributed by atoms with van der Waals surface area (Å²) in [6.45, 7) is 2.34. The summed E-state index contributed by atoms with van der Waals surface area (Å²) in [5, 5.41) is 0. The van der Waals surface area contributed by atoms with E-state index in [1.807, 2.05) is 6.92 Å². The van der Waals surface area contributed by atoms with E-state index in [4.69, 9.17) is 9.47 Å². The molecule has 1 aromatic rings. The molecular weight excluding hydrogens is 236 g/mol. The summed E-state index contributed by atoms with van der Waals surface area (Å²) < 4.78 is 9.84. The quantitative estimate of drug-likeness (QED) is 0.454. The van der Waals surface area contributed by atoms with Crippen LogP contribution in [0.5, 0.6) is 0 Å². The lowest BCUT2D eigenvalue weighted by molar-refractivity contribution is -0.137. The van der Waals surface area contributed by atoms with Crippen LogP contribution in [0, 0.1) is 0 Å². The van der Waals surface area contributed by atoms with Crippen molar-refractivity contribution in [2.75, 3.05) is 6.61 Å². The van der Waals surface area contributed by atoms with Gasteiger partial charge in [-0.3, -0.25) is 0 Å². The number of fused-ring (bicyclic) bond motifs is 1. The van der Waals surface area contributed by atoms with Gasteiger partial charge in [0.25, 0.3) is 0 Å². The largest absolute Gasteiger partial charge is 0.462 e. The number of hydrogen-bond donors (Lipinski definition) is 0. The Kier molecular flexibility index (Phi) is 3.66. The summed E-state index contributed by atoms with van der Waals surface area (Å²) in [6, 6.07) is 0. The summed E-state index contributed by atoms with van der Waals surface area (Å²) in [4.78, 5) is 30.7. The minimum absolute atomic E-state index is 0.0876. The van der Waals surface area contributed by atoms with Gasteiger partial charge in [-0.1, -0.05) is 13.3 Å². The van der Waals surface area contributed by atoms with Crippen molar-refractivity contribution >= 4 is 17.7 Å². The molecule has 0 saturated carbocycles. The lowest BCUT2D eigenvalue weighted by Crippen LogP contribution is -2.03. The monoisotopic (exact) mass is 248 g/mol. The summed E-state index contributed by atoms with van der Waals surface area (Å²) in [6.07, 6.45) is 5.67. The number of ether oxygens (including phenoxy) is 2. The fourth-order valence-electron chi connectivity index (χ4n) is 1.43. The minimum Gasteiger partial charge on any atom is -0.462 e. The van der Waals surface area contributed by atoms with E-state index in [0.717, 1.165) is 18.9 Å². The SMILES string of the molecule is CCCCOC(=O)C=C1OC(=O)c2nccnc21. The summed E-state index contributed by atoms with van der Waals surface area (Å²) in [5.74, 6) is -1.07. The van der Waals surface area contributed by atoms with Gasteiger partial charge in [0.05, 0.1) is 12.7 Å². The van der Waals surface area contributed by atoms with Crippen LogP contribution in [0.2, 0.25) is 0 Å². The predicted molar refractivity (Wildman–Crippen MR) is 61.3 cm³/mol. The van der Waals surface area contributed by atoms with Gasteiger partial charge in [-0.15, -0.1) is 0 Å². The van der Waals surface area contributed by atoms with Crippen LogP contribution in [0.25, 0.3) is 5.76 Å². The van der Waals surface area contributed by atoms with E-state index >= 15 is 0 Å². The highest BCUT2D eigenvalue weighted by molar-refractivity contribution is 6.03. The Morgan fingerprint density at radius 1 is 1.39 bits per heavy atom. The topological polar surface area (TPSA) is 78.4 Å². The van der Waals surface area contributed by atoms with E-state index in [1.165, 1.54) is 12.4 Å². The van der Waals surface area contributed by atoms with Crippen molar-refractivity contribution in [2.24, 2.45) is 0 Å². The Labute approximate surface area is 104 Å². The molecule has 18 heavy (non-hydrogen) atoms. The van der Waals surface area contributed by atoms with Crippen molar-refractivity contribution in [3.05, 3.63) is 29.9 Å². The molecule has 1 aromatic heterocycles. The number of carbonyl (C=O) groups excluding carboxylic acids is 2. The first-order chi connectivity index (χ1) is 8.72. The van der Waals surface area contributed by atoms with Crippen LogP contribution in [0.15, 0.2) is 18.5 Å². The maximum atomic E-state index is 11.5. The van der Waals surface area contributed by atoms with E-state index in [9.17, 15) is 9.59 Å². The molecule has 0 aliphatic carbocycles. The second kappa shape index (κ2) is 5.39. The zero-order valence-electron chi connectivity index (χ0n) is 9.88. The average Bonchev–Trinajstić information content (AvgIpc) is 2.67. The second-order valence-electron chi connectivity index (χ2n) is 3.67. The zero-order valence-corrected chi connectivity index (χ0v) is 9.88. The zero-order chi connectivity index (χ0) is 13.0. The molecule has 0 radical (unpaired) electrons. The summed E-state index contributed by atoms with van der Waals surface area (Å²) in [7, 11) is 0. The molecular formula is C12H12N2O4. The van der Waals surface area contributed by atoms with Crippen LogP contribution in [0.1, 0.15) is 35.9 Å². The van der Waals surface area contributed by atoms with Crippen molar-refractivity contribution in [1.82, 2.24) is 9.97 Å².